The summed E-state index contributed by atoms with van der Waals surface area (Å²) in [5.41, 5.74) is 6.24. The van der Waals surface area contributed by atoms with Crippen LogP contribution in [0, 0.1) is 5.82 Å². The molecule has 1 heterocycles. The fourth-order valence-electron chi connectivity index (χ4n) is 3.54. The molecule has 0 aromatic heterocycles. The number of fused-ring (bicyclic) bond motifs is 1. The predicted octanol–water partition coefficient (Wildman–Crippen LogP) is 4.31. The summed E-state index contributed by atoms with van der Waals surface area (Å²) in [5, 5.41) is 4.01. The van der Waals surface area contributed by atoms with Crippen molar-refractivity contribution in [3.05, 3.63) is 65.0 Å². The average molecular weight is 353 g/mol. The Bertz CT molecular complexity index is 860. The second kappa shape index (κ2) is 6.90. The first kappa shape index (κ1) is 18.1. The van der Waals surface area contributed by atoms with Crippen molar-refractivity contribution in [2.24, 2.45) is 5.10 Å². The van der Waals surface area contributed by atoms with Gasteiger partial charge in [0.2, 0.25) is 0 Å². The molecule has 26 heavy (non-hydrogen) atoms. The van der Waals surface area contributed by atoms with E-state index in [0.29, 0.717) is 5.92 Å². The van der Waals surface area contributed by atoms with Gasteiger partial charge in [-0.25, -0.2) is 9.82 Å². The zero-order chi connectivity index (χ0) is 18.9. The molecule has 136 valence electrons. The number of hydrogen-bond acceptors (Lipinski definition) is 3. The molecule has 1 N–H and O–H groups in total. The standard InChI is InChI=1S/C21H24FN3O/c1-14-12-21(2,3)25(4)19-9-8-15(10-18(14)19)13-23-24-20(26)16-6-5-7-17(22)11-16/h5-11,13-14H,12H2,1-4H3,(H,24,26)/b23-13-. The molecule has 0 saturated carbocycles. The molecule has 4 nitrogen and oxygen atoms in total. The van der Waals surface area contributed by atoms with Crippen LogP contribution in [0.25, 0.3) is 0 Å². The highest BCUT2D eigenvalue weighted by Gasteiger charge is 2.33. The molecular weight excluding hydrogens is 329 g/mol. The Labute approximate surface area is 153 Å². The van der Waals surface area contributed by atoms with Crippen molar-refractivity contribution in [3.8, 4) is 0 Å². The SMILES string of the molecule is CC1CC(C)(C)N(C)c2ccc(/C=N\NC(=O)c3cccc(F)c3)cc21. The van der Waals surface area contributed by atoms with Crippen LogP contribution in [-0.2, 0) is 0 Å². The smallest absolute Gasteiger partial charge is 0.271 e. The van der Waals surface area contributed by atoms with Crippen molar-refractivity contribution in [2.75, 3.05) is 11.9 Å². The minimum atomic E-state index is -0.447. The Balaban J connectivity index is 1.74. The molecule has 1 aliphatic rings. The maximum atomic E-state index is 13.2. The van der Waals surface area contributed by atoms with Gasteiger partial charge >= 0.3 is 0 Å². The normalized spacial score (nSPS) is 18.7. The maximum absolute atomic E-state index is 13.2. The van der Waals surface area contributed by atoms with E-state index in [9.17, 15) is 9.18 Å². The molecule has 1 aliphatic heterocycles. The van der Waals surface area contributed by atoms with Crippen LogP contribution in [0.1, 0.15) is 54.6 Å². The summed E-state index contributed by atoms with van der Waals surface area (Å²) in [6.07, 6.45) is 2.69. The fourth-order valence-corrected chi connectivity index (χ4v) is 3.54. The molecular formula is C21H24FN3O. The van der Waals surface area contributed by atoms with E-state index in [-0.39, 0.29) is 11.1 Å². The summed E-state index contributed by atoms with van der Waals surface area (Å²) in [5.74, 6) is -0.433. The molecule has 0 radical (unpaired) electrons. The highest BCUT2D eigenvalue weighted by molar-refractivity contribution is 5.94. The third-order valence-electron chi connectivity index (χ3n) is 5.12. The quantitative estimate of drug-likeness (QED) is 0.660. The third-order valence-corrected chi connectivity index (χ3v) is 5.12. The number of carbonyl (C=O) groups is 1. The number of nitrogens with one attached hydrogen (secondary N) is 1. The molecule has 1 amide bonds. The number of halogens is 1. The summed E-state index contributed by atoms with van der Waals surface area (Å²) < 4.78 is 13.2. The molecule has 0 spiro atoms. The van der Waals surface area contributed by atoms with Crippen molar-refractivity contribution < 1.29 is 9.18 Å². The van der Waals surface area contributed by atoms with Crippen molar-refractivity contribution in [1.82, 2.24) is 5.43 Å². The summed E-state index contributed by atoms with van der Waals surface area (Å²) in [7, 11) is 2.12. The van der Waals surface area contributed by atoms with Gasteiger partial charge in [0, 0.05) is 23.8 Å². The topological polar surface area (TPSA) is 44.7 Å². The summed E-state index contributed by atoms with van der Waals surface area (Å²) in [6, 6.07) is 11.7. The van der Waals surface area contributed by atoms with E-state index in [1.807, 2.05) is 6.07 Å². The largest absolute Gasteiger partial charge is 0.369 e. The van der Waals surface area contributed by atoms with Crippen LogP contribution in [-0.4, -0.2) is 24.7 Å². The molecule has 5 heteroatoms. The van der Waals surface area contributed by atoms with Crippen LogP contribution < -0.4 is 10.3 Å². The van der Waals surface area contributed by atoms with Gasteiger partial charge in [0.1, 0.15) is 5.82 Å². The average Bonchev–Trinajstić information content (AvgIpc) is 2.59. The highest BCUT2D eigenvalue weighted by atomic mass is 19.1. The maximum Gasteiger partial charge on any atom is 0.271 e. The van der Waals surface area contributed by atoms with E-state index in [1.54, 1.807) is 12.3 Å². The molecule has 3 rings (SSSR count). The highest BCUT2D eigenvalue weighted by Crippen LogP contribution is 2.42. The fraction of sp³-hybridized carbons (Fsp3) is 0.333. The zero-order valence-corrected chi connectivity index (χ0v) is 15.6. The van der Waals surface area contributed by atoms with Gasteiger partial charge in [0.05, 0.1) is 6.21 Å². The number of hydrazone groups is 1. The summed E-state index contributed by atoms with van der Waals surface area (Å²) in [4.78, 5) is 14.3. The predicted molar refractivity (Wildman–Crippen MR) is 103 cm³/mol. The zero-order valence-electron chi connectivity index (χ0n) is 15.6. The lowest BCUT2D eigenvalue weighted by atomic mass is 9.80. The first-order chi connectivity index (χ1) is 12.3. The molecule has 2 aromatic carbocycles. The minimum absolute atomic E-state index is 0.126. The molecule has 0 fully saturated rings. The minimum Gasteiger partial charge on any atom is -0.369 e. The third kappa shape index (κ3) is 3.62. The van der Waals surface area contributed by atoms with Crippen LogP contribution in [0.4, 0.5) is 10.1 Å². The first-order valence-electron chi connectivity index (χ1n) is 8.75. The van der Waals surface area contributed by atoms with Gasteiger partial charge in [-0.05, 0) is 67.6 Å². The lowest BCUT2D eigenvalue weighted by molar-refractivity contribution is 0.0954. The Morgan fingerprint density at radius 3 is 2.81 bits per heavy atom. The Morgan fingerprint density at radius 2 is 2.08 bits per heavy atom. The van der Waals surface area contributed by atoms with E-state index in [0.717, 1.165) is 12.0 Å². The number of anilines is 1. The first-order valence-corrected chi connectivity index (χ1v) is 8.75. The Morgan fingerprint density at radius 1 is 1.31 bits per heavy atom. The van der Waals surface area contributed by atoms with Gasteiger partial charge in [0.25, 0.3) is 5.91 Å². The Kier molecular flexibility index (Phi) is 4.81. The van der Waals surface area contributed by atoms with Crippen LogP contribution >= 0.6 is 0 Å². The number of benzene rings is 2. The van der Waals surface area contributed by atoms with Crippen molar-refractivity contribution >= 4 is 17.8 Å². The number of carbonyl (C=O) groups excluding carboxylic acids is 1. The van der Waals surface area contributed by atoms with Gasteiger partial charge in [-0.3, -0.25) is 4.79 Å². The molecule has 1 unspecified atom stereocenters. The number of hydrogen-bond donors (Lipinski definition) is 1. The molecule has 1 atom stereocenters. The van der Waals surface area contributed by atoms with Crippen LogP contribution in [0.3, 0.4) is 0 Å². The lowest BCUT2D eigenvalue weighted by Crippen LogP contribution is -2.45. The van der Waals surface area contributed by atoms with Crippen LogP contribution in [0.5, 0.6) is 0 Å². The van der Waals surface area contributed by atoms with Crippen molar-refractivity contribution in [1.29, 1.82) is 0 Å². The van der Waals surface area contributed by atoms with Gasteiger partial charge in [-0.1, -0.05) is 19.1 Å². The van der Waals surface area contributed by atoms with Gasteiger partial charge in [-0.2, -0.15) is 5.10 Å². The van der Waals surface area contributed by atoms with Gasteiger partial charge in [-0.15, -0.1) is 0 Å². The number of nitrogens with zero attached hydrogens (tertiary/aromatic N) is 2. The monoisotopic (exact) mass is 353 g/mol. The Hall–Kier alpha value is -2.69. The second-order valence-electron chi connectivity index (χ2n) is 7.50. The van der Waals surface area contributed by atoms with E-state index >= 15 is 0 Å². The van der Waals surface area contributed by atoms with E-state index in [2.05, 4.69) is 55.4 Å². The van der Waals surface area contributed by atoms with E-state index < -0.39 is 11.7 Å². The molecule has 0 bridgehead atoms. The molecule has 0 aliphatic carbocycles. The van der Waals surface area contributed by atoms with Crippen LogP contribution in [0.2, 0.25) is 0 Å². The van der Waals surface area contributed by atoms with Crippen molar-refractivity contribution in [3.63, 3.8) is 0 Å². The number of amides is 1. The second-order valence-corrected chi connectivity index (χ2v) is 7.50. The molecule has 2 aromatic rings. The van der Waals surface area contributed by atoms with Crippen molar-refractivity contribution in [2.45, 2.75) is 38.6 Å². The molecule has 0 saturated heterocycles. The van der Waals surface area contributed by atoms with Crippen LogP contribution in [0.15, 0.2) is 47.6 Å². The van der Waals surface area contributed by atoms with Gasteiger partial charge in [0.15, 0.2) is 0 Å². The van der Waals surface area contributed by atoms with E-state index in [4.69, 9.17) is 0 Å². The summed E-state index contributed by atoms with van der Waals surface area (Å²) in [6.45, 7) is 6.74. The van der Waals surface area contributed by atoms with E-state index in [1.165, 1.54) is 29.4 Å². The van der Waals surface area contributed by atoms with Gasteiger partial charge < -0.3 is 4.90 Å². The summed E-state index contributed by atoms with van der Waals surface area (Å²) >= 11 is 0. The lowest BCUT2D eigenvalue weighted by Gasteiger charge is -2.45. The number of rotatable bonds is 3.